The Bertz CT molecular complexity index is 260. The van der Waals surface area contributed by atoms with Gasteiger partial charge in [-0.15, -0.1) is 0 Å². The molecule has 0 aromatic carbocycles. The van der Waals surface area contributed by atoms with Gasteiger partial charge in [0.1, 0.15) is 11.6 Å². The van der Waals surface area contributed by atoms with Crippen molar-refractivity contribution in [1.82, 2.24) is 5.32 Å². The summed E-state index contributed by atoms with van der Waals surface area (Å²) < 4.78 is 9.56. The van der Waals surface area contributed by atoms with E-state index < -0.39 is 23.7 Å². The number of ether oxygens (including phenoxy) is 2. The molecule has 0 aliphatic rings. The molecule has 0 saturated heterocycles. The van der Waals surface area contributed by atoms with Crippen molar-refractivity contribution in [1.29, 1.82) is 0 Å². The Morgan fingerprint density at radius 2 is 1.81 bits per heavy atom. The molecule has 0 saturated carbocycles. The van der Waals surface area contributed by atoms with E-state index in [0.717, 1.165) is 0 Å². The molecule has 0 heterocycles. The van der Waals surface area contributed by atoms with Crippen LogP contribution in [0.25, 0.3) is 0 Å². The Labute approximate surface area is 109 Å². The third-order valence-electron chi connectivity index (χ3n) is 1.59. The van der Waals surface area contributed by atoms with Crippen LogP contribution in [0.15, 0.2) is 0 Å². The second-order valence-electron chi connectivity index (χ2n) is 4.32. The first-order chi connectivity index (χ1) is 7.17. The molecule has 0 aromatic heterocycles. The number of methoxy groups -OCH3 is 1. The number of nitrogens with one attached hydrogen (secondary N) is 1. The van der Waals surface area contributed by atoms with E-state index in [1.54, 1.807) is 27.7 Å². The van der Waals surface area contributed by atoms with Crippen molar-refractivity contribution in [3.8, 4) is 0 Å². The highest BCUT2D eigenvalue weighted by molar-refractivity contribution is 14.1. The minimum atomic E-state index is -0.694. The summed E-state index contributed by atoms with van der Waals surface area (Å²) in [6, 6.07) is -0.694. The Balaban J connectivity index is 4.42. The van der Waals surface area contributed by atoms with Gasteiger partial charge >= 0.3 is 12.1 Å². The van der Waals surface area contributed by atoms with Crippen LogP contribution in [0.3, 0.4) is 0 Å². The lowest BCUT2D eigenvalue weighted by molar-refractivity contribution is -0.142. The van der Waals surface area contributed by atoms with Crippen LogP contribution in [0.1, 0.15) is 27.7 Å². The smallest absolute Gasteiger partial charge is 0.408 e. The number of hydrogen-bond acceptors (Lipinski definition) is 4. The third-order valence-corrected chi connectivity index (χ3v) is 2.31. The fraction of sp³-hybridized carbons (Fsp3) is 0.800. The molecule has 0 aliphatic carbocycles. The molecule has 1 N–H and O–H groups in total. The number of carbonyl (C=O) groups excluding carboxylic acids is 2. The van der Waals surface area contributed by atoms with E-state index in [2.05, 4.69) is 10.1 Å². The Hall–Kier alpha value is -0.530. The van der Waals surface area contributed by atoms with Crippen molar-refractivity contribution in [2.45, 2.75) is 43.3 Å². The molecule has 16 heavy (non-hydrogen) atoms. The first kappa shape index (κ1) is 15.5. The van der Waals surface area contributed by atoms with E-state index in [-0.39, 0.29) is 3.92 Å². The average molecular weight is 343 g/mol. The highest BCUT2D eigenvalue weighted by Crippen LogP contribution is 2.10. The molecule has 0 rings (SSSR count). The lowest BCUT2D eigenvalue weighted by Crippen LogP contribution is -2.47. The van der Waals surface area contributed by atoms with Gasteiger partial charge in [0.25, 0.3) is 0 Å². The van der Waals surface area contributed by atoms with Crippen molar-refractivity contribution in [2.24, 2.45) is 0 Å². The van der Waals surface area contributed by atoms with E-state index in [1.165, 1.54) is 7.11 Å². The Morgan fingerprint density at radius 1 is 1.31 bits per heavy atom. The van der Waals surface area contributed by atoms with Crippen LogP contribution in [0, 0.1) is 0 Å². The average Bonchev–Trinajstić information content (AvgIpc) is 2.09. The maximum absolute atomic E-state index is 11.4. The minimum Gasteiger partial charge on any atom is -0.467 e. The number of amides is 1. The summed E-state index contributed by atoms with van der Waals surface area (Å²) in [6.07, 6.45) is -0.619. The summed E-state index contributed by atoms with van der Waals surface area (Å²) in [5.41, 5.74) is -0.584. The van der Waals surface area contributed by atoms with Gasteiger partial charge in [-0.1, -0.05) is 29.5 Å². The SMILES string of the molecule is COC(=O)[C@@H](NC(=O)OC(C)(C)C)[C@@H](C)I. The molecular weight excluding hydrogens is 325 g/mol. The largest absolute Gasteiger partial charge is 0.467 e. The first-order valence-electron chi connectivity index (χ1n) is 4.89. The van der Waals surface area contributed by atoms with E-state index in [4.69, 9.17) is 4.74 Å². The van der Waals surface area contributed by atoms with Crippen LogP contribution in [0.5, 0.6) is 0 Å². The summed E-state index contributed by atoms with van der Waals surface area (Å²) in [5, 5.41) is 2.48. The van der Waals surface area contributed by atoms with Crippen molar-refractivity contribution >= 4 is 34.7 Å². The highest BCUT2D eigenvalue weighted by Gasteiger charge is 2.28. The fourth-order valence-corrected chi connectivity index (χ4v) is 1.40. The lowest BCUT2D eigenvalue weighted by Gasteiger charge is -2.23. The maximum atomic E-state index is 11.4. The Morgan fingerprint density at radius 3 is 2.12 bits per heavy atom. The van der Waals surface area contributed by atoms with Crippen LogP contribution in [-0.4, -0.2) is 34.7 Å². The maximum Gasteiger partial charge on any atom is 0.408 e. The molecular formula is C10H18INO4. The van der Waals surface area contributed by atoms with Crippen LogP contribution in [-0.2, 0) is 14.3 Å². The predicted molar refractivity (Wildman–Crippen MR) is 68.7 cm³/mol. The van der Waals surface area contributed by atoms with E-state index >= 15 is 0 Å². The van der Waals surface area contributed by atoms with Gasteiger partial charge in [0, 0.05) is 3.92 Å². The van der Waals surface area contributed by atoms with Gasteiger partial charge in [0.05, 0.1) is 7.11 Å². The van der Waals surface area contributed by atoms with Crippen LogP contribution >= 0.6 is 22.6 Å². The van der Waals surface area contributed by atoms with Gasteiger partial charge in [0.2, 0.25) is 0 Å². The standard InChI is InChI=1S/C10H18INO4/c1-6(11)7(8(13)15-5)12-9(14)16-10(2,3)4/h6-7H,1-5H3,(H,12,14)/t6-,7+/m1/s1. The van der Waals surface area contributed by atoms with Gasteiger partial charge in [0.15, 0.2) is 0 Å². The monoisotopic (exact) mass is 343 g/mol. The van der Waals surface area contributed by atoms with Gasteiger partial charge < -0.3 is 14.8 Å². The number of alkyl carbamates (subject to hydrolysis) is 1. The van der Waals surface area contributed by atoms with Crippen LogP contribution < -0.4 is 5.32 Å². The zero-order valence-electron chi connectivity index (χ0n) is 10.2. The number of carbonyl (C=O) groups is 2. The first-order valence-corrected chi connectivity index (χ1v) is 6.13. The van der Waals surface area contributed by atoms with Gasteiger partial charge in [-0.25, -0.2) is 9.59 Å². The molecule has 5 nitrogen and oxygen atoms in total. The Kier molecular flexibility index (Phi) is 6.06. The molecule has 0 bridgehead atoms. The van der Waals surface area contributed by atoms with Crippen molar-refractivity contribution < 1.29 is 19.1 Å². The van der Waals surface area contributed by atoms with Gasteiger partial charge in [-0.2, -0.15) is 0 Å². The highest BCUT2D eigenvalue weighted by atomic mass is 127. The fourth-order valence-electron chi connectivity index (χ4n) is 0.923. The third kappa shape index (κ3) is 6.14. The summed E-state index contributed by atoms with van der Waals surface area (Å²) in [5.74, 6) is -0.479. The minimum absolute atomic E-state index is 0.0856. The molecule has 0 spiro atoms. The normalized spacial score (nSPS) is 14.9. The lowest BCUT2D eigenvalue weighted by atomic mass is 10.2. The number of hydrogen-bond donors (Lipinski definition) is 1. The van der Waals surface area contributed by atoms with E-state index in [1.807, 2.05) is 22.6 Å². The molecule has 0 aromatic rings. The quantitative estimate of drug-likeness (QED) is 0.483. The number of halogens is 1. The summed E-state index contributed by atoms with van der Waals surface area (Å²) in [6.45, 7) is 7.08. The number of alkyl halides is 1. The predicted octanol–water partition coefficient (Wildman–Crippen LogP) is 1.88. The molecule has 1 amide bonds. The van der Waals surface area contributed by atoms with Crippen LogP contribution in [0.4, 0.5) is 4.79 Å². The molecule has 2 atom stereocenters. The molecule has 0 aliphatic heterocycles. The molecule has 0 unspecified atom stereocenters. The number of rotatable bonds is 3. The molecule has 0 radical (unpaired) electrons. The molecule has 94 valence electrons. The van der Waals surface area contributed by atoms with Crippen molar-refractivity contribution in [3.05, 3.63) is 0 Å². The number of esters is 1. The zero-order valence-corrected chi connectivity index (χ0v) is 12.3. The zero-order chi connectivity index (χ0) is 12.9. The summed E-state index contributed by atoms with van der Waals surface area (Å²) >= 11 is 2.04. The van der Waals surface area contributed by atoms with E-state index in [0.29, 0.717) is 0 Å². The van der Waals surface area contributed by atoms with E-state index in [9.17, 15) is 9.59 Å². The van der Waals surface area contributed by atoms with Crippen LogP contribution in [0.2, 0.25) is 0 Å². The summed E-state index contributed by atoms with van der Waals surface area (Å²) in [7, 11) is 1.28. The molecule has 6 heteroatoms. The topological polar surface area (TPSA) is 64.6 Å². The van der Waals surface area contributed by atoms with Crippen molar-refractivity contribution in [3.63, 3.8) is 0 Å². The van der Waals surface area contributed by atoms with Gasteiger partial charge in [-0.3, -0.25) is 0 Å². The molecule has 0 fully saturated rings. The van der Waals surface area contributed by atoms with Crippen molar-refractivity contribution in [2.75, 3.05) is 7.11 Å². The second-order valence-corrected chi connectivity index (χ2v) is 6.29. The summed E-state index contributed by atoms with van der Waals surface area (Å²) in [4.78, 5) is 22.8. The second kappa shape index (κ2) is 6.27. The van der Waals surface area contributed by atoms with Gasteiger partial charge in [-0.05, 0) is 20.8 Å².